The molecule has 0 unspecified atom stereocenters. The molecule has 0 fully saturated rings. The van der Waals surface area contributed by atoms with Crippen molar-refractivity contribution in [2.24, 2.45) is 0 Å². The van der Waals surface area contributed by atoms with Crippen LogP contribution in [-0.4, -0.2) is 15.2 Å². The summed E-state index contributed by atoms with van der Waals surface area (Å²) in [4.78, 5) is 4.03. The second-order valence-electron chi connectivity index (χ2n) is 2.64. The molecule has 0 aliphatic rings. The van der Waals surface area contributed by atoms with Gasteiger partial charge in [0.15, 0.2) is 0 Å². The quantitative estimate of drug-likeness (QED) is 0.668. The zero-order valence-corrected chi connectivity index (χ0v) is 7.25. The van der Waals surface area contributed by atoms with E-state index in [0.29, 0.717) is 5.69 Å². The SMILES string of the molecule is N#Cc1nncc(-c2ccccc2)n1. The highest BCUT2D eigenvalue weighted by Gasteiger charge is 2.00. The Kier molecular flexibility index (Phi) is 2.15. The third-order valence-electron chi connectivity index (χ3n) is 1.73. The van der Waals surface area contributed by atoms with Gasteiger partial charge in [0.25, 0.3) is 5.82 Å². The van der Waals surface area contributed by atoms with Crippen molar-refractivity contribution in [3.05, 3.63) is 42.4 Å². The Balaban J connectivity index is 2.49. The van der Waals surface area contributed by atoms with Crippen molar-refractivity contribution in [1.29, 1.82) is 5.26 Å². The fraction of sp³-hybridized carbons (Fsp3) is 0. The van der Waals surface area contributed by atoms with E-state index in [-0.39, 0.29) is 5.82 Å². The Labute approximate surface area is 80.9 Å². The third-order valence-corrected chi connectivity index (χ3v) is 1.73. The molecule has 0 saturated carbocycles. The first-order chi connectivity index (χ1) is 6.90. The first-order valence-corrected chi connectivity index (χ1v) is 4.05. The van der Waals surface area contributed by atoms with Crippen LogP contribution < -0.4 is 0 Å². The van der Waals surface area contributed by atoms with Crippen molar-refractivity contribution in [3.63, 3.8) is 0 Å². The van der Waals surface area contributed by atoms with Gasteiger partial charge in [-0.25, -0.2) is 4.98 Å². The topological polar surface area (TPSA) is 62.5 Å². The molecule has 4 heteroatoms. The number of hydrogen-bond donors (Lipinski definition) is 0. The van der Waals surface area contributed by atoms with Gasteiger partial charge in [0.05, 0.1) is 11.9 Å². The molecule has 0 radical (unpaired) electrons. The van der Waals surface area contributed by atoms with Crippen molar-refractivity contribution < 1.29 is 0 Å². The molecule has 1 heterocycles. The van der Waals surface area contributed by atoms with E-state index < -0.39 is 0 Å². The molecule has 0 N–H and O–H groups in total. The van der Waals surface area contributed by atoms with Crippen LogP contribution in [0.15, 0.2) is 36.5 Å². The molecule has 0 aliphatic heterocycles. The number of rotatable bonds is 1. The van der Waals surface area contributed by atoms with Crippen molar-refractivity contribution in [1.82, 2.24) is 15.2 Å². The third kappa shape index (κ3) is 1.57. The molecule has 0 bridgehead atoms. The summed E-state index contributed by atoms with van der Waals surface area (Å²) in [6, 6.07) is 11.4. The molecule has 0 amide bonds. The Morgan fingerprint density at radius 1 is 1.14 bits per heavy atom. The van der Waals surface area contributed by atoms with Gasteiger partial charge in [-0.15, -0.1) is 5.10 Å². The van der Waals surface area contributed by atoms with Crippen LogP contribution in [0, 0.1) is 11.3 Å². The molecule has 66 valence electrons. The molecule has 1 aromatic carbocycles. The van der Waals surface area contributed by atoms with Crippen LogP contribution in [0.5, 0.6) is 0 Å². The van der Waals surface area contributed by atoms with Gasteiger partial charge in [-0.05, 0) is 0 Å². The first kappa shape index (κ1) is 8.32. The van der Waals surface area contributed by atoms with E-state index in [0.717, 1.165) is 5.56 Å². The van der Waals surface area contributed by atoms with Crippen LogP contribution in [0.4, 0.5) is 0 Å². The summed E-state index contributed by atoms with van der Waals surface area (Å²) in [7, 11) is 0. The van der Waals surface area contributed by atoms with Gasteiger partial charge in [0.1, 0.15) is 6.07 Å². The number of nitrogens with zero attached hydrogens (tertiary/aromatic N) is 4. The fourth-order valence-electron chi connectivity index (χ4n) is 1.10. The highest BCUT2D eigenvalue weighted by atomic mass is 15.1. The standard InChI is InChI=1S/C10H6N4/c11-6-10-13-9(7-12-14-10)8-4-2-1-3-5-8/h1-5,7H. The van der Waals surface area contributed by atoms with Crippen molar-refractivity contribution >= 4 is 0 Å². The van der Waals surface area contributed by atoms with E-state index in [1.807, 2.05) is 36.4 Å². The van der Waals surface area contributed by atoms with Gasteiger partial charge in [-0.3, -0.25) is 0 Å². The minimum Gasteiger partial charge on any atom is -0.216 e. The fourth-order valence-corrected chi connectivity index (χ4v) is 1.10. The molecule has 0 saturated heterocycles. The summed E-state index contributed by atoms with van der Waals surface area (Å²) >= 11 is 0. The lowest BCUT2D eigenvalue weighted by molar-refractivity contribution is 0.947. The predicted molar refractivity (Wildman–Crippen MR) is 50.0 cm³/mol. The predicted octanol–water partition coefficient (Wildman–Crippen LogP) is 1.41. The minimum absolute atomic E-state index is 0.0892. The molecular weight excluding hydrogens is 176 g/mol. The molecule has 0 atom stereocenters. The number of aromatic nitrogens is 3. The summed E-state index contributed by atoms with van der Waals surface area (Å²) in [5.41, 5.74) is 1.59. The Hall–Kier alpha value is -2.28. The second kappa shape index (κ2) is 3.62. The summed E-state index contributed by atoms with van der Waals surface area (Å²) in [5.74, 6) is 0.0892. The zero-order chi connectivity index (χ0) is 9.80. The maximum atomic E-state index is 8.59. The summed E-state index contributed by atoms with van der Waals surface area (Å²) in [5, 5.41) is 15.9. The van der Waals surface area contributed by atoms with Crippen molar-refractivity contribution in [2.75, 3.05) is 0 Å². The largest absolute Gasteiger partial charge is 0.253 e. The molecule has 0 aliphatic carbocycles. The van der Waals surface area contributed by atoms with Gasteiger partial charge in [0, 0.05) is 5.56 Å². The second-order valence-corrected chi connectivity index (χ2v) is 2.64. The maximum Gasteiger partial charge on any atom is 0.253 e. The summed E-state index contributed by atoms with van der Waals surface area (Å²) in [6.07, 6.45) is 1.54. The Morgan fingerprint density at radius 2 is 1.93 bits per heavy atom. The van der Waals surface area contributed by atoms with Gasteiger partial charge in [-0.2, -0.15) is 10.4 Å². The normalized spacial score (nSPS) is 9.36. The van der Waals surface area contributed by atoms with E-state index in [9.17, 15) is 0 Å². The zero-order valence-electron chi connectivity index (χ0n) is 7.25. The Morgan fingerprint density at radius 3 is 2.64 bits per heavy atom. The maximum absolute atomic E-state index is 8.59. The molecule has 2 rings (SSSR count). The molecule has 1 aromatic heterocycles. The minimum atomic E-state index is 0.0892. The van der Waals surface area contributed by atoms with Crippen molar-refractivity contribution in [3.8, 4) is 17.3 Å². The number of benzene rings is 1. The lowest BCUT2D eigenvalue weighted by Crippen LogP contribution is -1.94. The molecule has 14 heavy (non-hydrogen) atoms. The number of hydrogen-bond acceptors (Lipinski definition) is 4. The van der Waals surface area contributed by atoms with Gasteiger partial charge in [-0.1, -0.05) is 30.3 Å². The molecule has 4 nitrogen and oxygen atoms in total. The smallest absolute Gasteiger partial charge is 0.216 e. The molecule has 2 aromatic rings. The van der Waals surface area contributed by atoms with E-state index in [1.54, 1.807) is 0 Å². The monoisotopic (exact) mass is 182 g/mol. The van der Waals surface area contributed by atoms with Gasteiger partial charge in [0.2, 0.25) is 0 Å². The van der Waals surface area contributed by atoms with Crippen LogP contribution in [0.1, 0.15) is 5.82 Å². The van der Waals surface area contributed by atoms with E-state index in [1.165, 1.54) is 6.20 Å². The lowest BCUT2D eigenvalue weighted by atomic mass is 10.2. The van der Waals surface area contributed by atoms with Crippen LogP contribution in [0.3, 0.4) is 0 Å². The van der Waals surface area contributed by atoms with E-state index in [4.69, 9.17) is 5.26 Å². The van der Waals surface area contributed by atoms with Crippen LogP contribution in [0.2, 0.25) is 0 Å². The van der Waals surface area contributed by atoms with E-state index in [2.05, 4.69) is 15.2 Å². The van der Waals surface area contributed by atoms with Crippen LogP contribution >= 0.6 is 0 Å². The van der Waals surface area contributed by atoms with Gasteiger partial charge < -0.3 is 0 Å². The molecule has 0 spiro atoms. The summed E-state index contributed by atoms with van der Waals surface area (Å²) in [6.45, 7) is 0. The average molecular weight is 182 g/mol. The van der Waals surface area contributed by atoms with Crippen LogP contribution in [-0.2, 0) is 0 Å². The van der Waals surface area contributed by atoms with Crippen LogP contribution in [0.25, 0.3) is 11.3 Å². The van der Waals surface area contributed by atoms with Gasteiger partial charge >= 0.3 is 0 Å². The van der Waals surface area contributed by atoms with E-state index >= 15 is 0 Å². The number of nitriles is 1. The highest BCUT2D eigenvalue weighted by molar-refractivity contribution is 5.57. The highest BCUT2D eigenvalue weighted by Crippen LogP contribution is 2.13. The first-order valence-electron chi connectivity index (χ1n) is 4.05. The lowest BCUT2D eigenvalue weighted by Gasteiger charge is -1.97. The summed E-state index contributed by atoms with van der Waals surface area (Å²) < 4.78 is 0. The Bertz CT molecular complexity index is 473. The van der Waals surface area contributed by atoms with Crippen molar-refractivity contribution in [2.45, 2.75) is 0 Å². The average Bonchev–Trinajstić information content (AvgIpc) is 2.30. The molecular formula is C10H6N4.